The van der Waals surface area contributed by atoms with Crippen LogP contribution in [-0.2, 0) is 60.4 Å². The molecule has 18 bridgehead atoms. The molecule has 9 fully saturated rings. The van der Waals surface area contributed by atoms with E-state index in [-0.39, 0.29) is 58.8 Å². The minimum Gasteiger partial charge on any atom is -0.469 e. The molecular weight excluding hydrogens is 1390 g/mol. The molecule has 10 nitrogen and oxygen atoms in total. The van der Waals surface area contributed by atoms with E-state index in [0.717, 1.165) is 126 Å². The third-order valence-electron chi connectivity index (χ3n) is 28.0. The Kier molecular flexibility index (Phi) is 32.9. The molecule has 18 aliphatic rings. The van der Waals surface area contributed by atoms with Gasteiger partial charge in [0.15, 0.2) is 6.86 Å². The van der Waals surface area contributed by atoms with Gasteiger partial charge < -0.3 is 28.4 Å². The summed E-state index contributed by atoms with van der Waals surface area (Å²) in [6, 6.07) is 14.7. The molecule has 0 aliphatic heterocycles. The summed E-state index contributed by atoms with van der Waals surface area (Å²) >= 11 is 0. The van der Waals surface area contributed by atoms with Gasteiger partial charge in [0, 0.05) is 20.6 Å². The van der Waals surface area contributed by atoms with E-state index in [0.29, 0.717) is 72.4 Å². The molecule has 0 aromatic heterocycles. The first-order chi connectivity index (χ1) is 52.8. The number of hydrogen-bond acceptors (Lipinski definition) is 10. The Morgan fingerprint density at radius 1 is 0.373 bits per heavy atom. The molecule has 2 aromatic rings. The van der Waals surface area contributed by atoms with Crippen LogP contribution in [0.5, 0.6) is 0 Å². The molecule has 0 amide bonds. The van der Waals surface area contributed by atoms with Crippen molar-refractivity contribution in [1.82, 2.24) is 0 Å². The van der Waals surface area contributed by atoms with Crippen LogP contribution < -0.4 is 0 Å². The van der Waals surface area contributed by atoms with E-state index in [1.54, 1.807) is 13.2 Å². The van der Waals surface area contributed by atoms with Crippen LogP contribution in [0.1, 0.15) is 165 Å². The second-order valence-electron chi connectivity index (χ2n) is 35.4. The fraction of sp³-hybridized carbons (Fsp3) is 0.646. The predicted octanol–water partition coefficient (Wildman–Crippen LogP) is 21.2. The largest absolute Gasteiger partial charge is 0.469 e. The number of ether oxygens (including phenoxy) is 6. The molecule has 0 saturated heterocycles. The molecule has 0 N–H and O–H groups in total. The summed E-state index contributed by atoms with van der Waals surface area (Å²) in [5, 5.41) is 0. The average molecular weight is 1520 g/mol. The topological polar surface area (TPSA) is 124 Å². The van der Waals surface area contributed by atoms with Gasteiger partial charge >= 0.3 is 23.9 Å². The molecule has 14 heteroatoms. The van der Waals surface area contributed by atoms with Gasteiger partial charge in [-0.25, -0.2) is 8.78 Å². The molecule has 27 atom stereocenters. The zero-order valence-corrected chi connectivity index (χ0v) is 67.5. The van der Waals surface area contributed by atoms with Gasteiger partial charge in [0.25, 0.3) is 0 Å². The van der Waals surface area contributed by atoms with Gasteiger partial charge in [0.1, 0.15) is 5.82 Å². The zero-order chi connectivity index (χ0) is 77.1. The third kappa shape index (κ3) is 23.4. The lowest BCUT2D eigenvalue weighted by Crippen LogP contribution is -2.19. The summed E-state index contributed by atoms with van der Waals surface area (Å²) in [5.41, 5.74) is 4.80. The van der Waals surface area contributed by atoms with Crippen LogP contribution in [0, 0.1) is 179 Å². The Labute approximate surface area is 656 Å². The normalized spacial score (nSPS) is 36.8. The maximum atomic E-state index is 13.4. The lowest BCUT2D eigenvalue weighted by Gasteiger charge is -2.18. The first-order valence-corrected chi connectivity index (χ1v) is 42.3. The van der Waals surface area contributed by atoms with Gasteiger partial charge in [-0.15, -0.1) is 0 Å². The van der Waals surface area contributed by atoms with E-state index in [2.05, 4.69) is 154 Å². The van der Waals surface area contributed by atoms with Gasteiger partial charge in [-0.3, -0.25) is 28.3 Å². The van der Waals surface area contributed by atoms with E-state index in [4.69, 9.17) is 28.4 Å². The fourth-order valence-corrected chi connectivity index (χ4v) is 22.2. The van der Waals surface area contributed by atoms with Gasteiger partial charge in [-0.1, -0.05) is 165 Å². The van der Waals surface area contributed by atoms with Crippen LogP contribution in [-0.4, -0.2) is 85.7 Å². The van der Waals surface area contributed by atoms with Crippen molar-refractivity contribution < 1.29 is 65.5 Å². The summed E-state index contributed by atoms with van der Waals surface area (Å²) < 4.78 is 64.4. The number of fused-ring (bicyclic) bond motifs is 18. The molecule has 27 unspecified atom stereocenters. The molecule has 0 heterocycles. The minimum atomic E-state index is -0.627. The molecule has 9 saturated carbocycles. The number of hydrogen-bond donors (Lipinski definition) is 0. The third-order valence-corrected chi connectivity index (χ3v) is 28.0. The highest BCUT2D eigenvalue weighted by Crippen LogP contribution is 2.51. The van der Waals surface area contributed by atoms with Crippen LogP contribution in [0.4, 0.5) is 17.9 Å². The second kappa shape index (κ2) is 42.1. The van der Waals surface area contributed by atoms with Crippen molar-refractivity contribution in [1.29, 1.82) is 0 Å². The van der Waals surface area contributed by atoms with Crippen molar-refractivity contribution in [2.24, 2.45) is 160 Å². The summed E-state index contributed by atoms with van der Waals surface area (Å²) in [5.74, 6) is 18.3. The van der Waals surface area contributed by atoms with Crippen LogP contribution in [0.3, 0.4) is 0 Å². The van der Waals surface area contributed by atoms with Crippen LogP contribution >= 0.6 is 0 Å². The number of aryl methyl sites for hydroxylation is 2. The van der Waals surface area contributed by atoms with Gasteiger partial charge in [0.2, 0.25) is 0 Å². The standard InChI is InChI=1S/C15H17F.C15H18.C10H14O2.C9H13FO.3C9H12O2.C9H14O.C9H14.C2H5F.FH/c1-10-2-3-12(9-15(10)16)8-14-7-11-4-5-13(14)6-11;1-11-2-4-12(5-3-11)8-15-10-13-6-7-14(15)9-13;1-7(11)12-6-10-5-8-2-3-9(10)4-8;10-6-11-5-9-4-7-1-2-8(9)3-7;3*1-11-9(10)8-5-6-2-3-7(8)4-6;1-10-6-9-5-7-2-3-8(9)4-7;1-2-8-5-7-3-4-9(8)6-7;1-2-3;/h2-5,9,11,13-14H,6-8H2,1H3;2-7,13-15H,8-10H2,1H3;2-3,8-10H,4-6H2,1H3;1-2,7-9H,3-6H2;3*2-3,6-8H,4-5H2,1H3;2-3,7-9H,4-6H2,1H3;3-4,7-9H,2,5-6H2,1H3;2H2,1H3;1H. The zero-order valence-electron chi connectivity index (χ0n) is 67.5. The van der Waals surface area contributed by atoms with Crippen molar-refractivity contribution in [2.45, 2.75) is 169 Å². The summed E-state index contributed by atoms with van der Waals surface area (Å²) in [6.45, 7) is 10.6. The van der Waals surface area contributed by atoms with Crippen molar-refractivity contribution >= 4 is 23.9 Å². The van der Waals surface area contributed by atoms with E-state index < -0.39 is 6.86 Å². The monoisotopic (exact) mass is 1520 g/mol. The van der Waals surface area contributed by atoms with Crippen molar-refractivity contribution in [3.05, 3.63) is 180 Å². The Balaban J connectivity index is 0.000000132. The summed E-state index contributed by atoms with van der Waals surface area (Å²) in [7, 11) is 6.21. The average Bonchev–Trinajstić information content (AvgIpc) is 1.69. The predicted molar refractivity (Wildman–Crippen MR) is 430 cm³/mol. The molecule has 604 valence electrons. The molecule has 18 aliphatic carbocycles. The smallest absolute Gasteiger partial charge is 0.309 e. The Bertz CT molecular complexity index is 3440. The number of halogens is 4. The van der Waals surface area contributed by atoms with Gasteiger partial charge in [-0.05, 0) is 314 Å². The van der Waals surface area contributed by atoms with Crippen LogP contribution in [0.25, 0.3) is 0 Å². The molecule has 20 rings (SSSR count). The molecule has 0 spiro atoms. The number of methoxy groups -OCH3 is 4. The first kappa shape index (κ1) is 86.0. The van der Waals surface area contributed by atoms with Crippen molar-refractivity contribution in [2.75, 3.05) is 61.8 Å². The molecule has 0 radical (unpaired) electrons. The molecular formula is C96H132F4O10. The number of carbonyl (C=O) groups excluding carboxylic acids is 4. The van der Waals surface area contributed by atoms with Crippen LogP contribution in [0.15, 0.2) is 152 Å². The van der Waals surface area contributed by atoms with Crippen LogP contribution in [0.2, 0.25) is 0 Å². The quantitative estimate of drug-likeness (QED) is 0.0737. The first-order valence-electron chi connectivity index (χ1n) is 42.3. The number of allylic oxidation sites excluding steroid dienone is 18. The lowest BCUT2D eigenvalue weighted by atomic mass is 9.87. The van der Waals surface area contributed by atoms with E-state index in [1.165, 1.54) is 155 Å². The highest BCUT2D eigenvalue weighted by Gasteiger charge is 2.44. The fourth-order valence-electron chi connectivity index (χ4n) is 22.2. The van der Waals surface area contributed by atoms with Crippen molar-refractivity contribution in [3.8, 4) is 0 Å². The Morgan fingerprint density at radius 3 is 0.936 bits per heavy atom. The minimum absolute atomic E-state index is 0. The summed E-state index contributed by atoms with van der Waals surface area (Å²) in [6.07, 6.45) is 67.9. The maximum absolute atomic E-state index is 13.4. The maximum Gasteiger partial charge on any atom is 0.309 e. The number of rotatable bonds is 15. The van der Waals surface area contributed by atoms with Gasteiger partial charge in [0.05, 0.1) is 59.0 Å². The molecule has 2 aromatic carbocycles. The van der Waals surface area contributed by atoms with Crippen molar-refractivity contribution in [3.63, 3.8) is 0 Å². The number of carbonyl (C=O) groups is 4. The SMILES string of the molecule is CC(=O)OCC1CC2C=CC1C2.CCC1CC2C=CC1C2.CCF.COC(=O)C1CC2C=CC1C2.COC(=O)C1CC2C=CC1C2.COC(=O)C1CC2C=CC1C2.COCC1CC2C=CC1C2.Cc1ccc(CC2CC3C=CC2C3)cc1.Cc1ccc(CC2CC3C=CC2C3)cc1F.F.FCOCC1CC2C=CC1C2. The number of esters is 4. The Hall–Kier alpha value is -6.38. The second-order valence-corrected chi connectivity index (χ2v) is 35.4. The number of alkyl halides is 2. The highest BCUT2D eigenvalue weighted by atomic mass is 19.1. The van der Waals surface area contributed by atoms with E-state index in [9.17, 15) is 32.3 Å². The summed E-state index contributed by atoms with van der Waals surface area (Å²) in [4.78, 5) is 44.0. The van der Waals surface area contributed by atoms with Gasteiger partial charge in [-0.2, -0.15) is 0 Å². The van der Waals surface area contributed by atoms with E-state index >= 15 is 0 Å². The highest BCUT2D eigenvalue weighted by molar-refractivity contribution is 5.75. The lowest BCUT2D eigenvalue weighted by molar-refractivity contribution is -0.147. The molecule has 110 heavy (non-hydrogen) atoms. The number of benzene rings is 2. The van der Waals surface area contributed by atoms with E-state index in [1.807, 2.05) is 13.0 Å². The Morgan fingerprint density at radius 2 is 0.673 bits per heavy atom.